The molecule has 1 heterocycles. The van der Waals surface area contributed by atoms with Crippen LogP contribution in [-0.2, 0) is 12.5 Å². The van der Waals surface area contributed by atoms with Gasteiger partial charge in [-0.3, -0.25) is 4.68 Å². The van der Waals surface area contributed by atoms with Crippen molar-refractivity contribution in [3.63, 3.8) is 0 Å². The summed E-state index contributed by atoms with van der Waals surface area (Å²) >= 11 is 0. The molecule has 0 spiro atoms. The first-order chi connectivity index (χ1) is 5.82. The summed E-state index contributed by atoms with van der Waals surface area (Å²) in [5.41, 5.74) is 1.42. The highest BCUT2D eigenvalue weighted by Gasteiger charge is 2.19. The Bertz CT molecular complexity index is 292. The first-order valence-electron chi connectivity index (χ1n) is 4.54. The maximum absolute atomic E-state index is 4.42. The molecule has 74 valence electrons. The maximum Gasteiger partial charge on any atom is 0.150 e. The van der Waals surface area contributed by atoms with Gasteiger partial charge in [-0.2, -0.15) is 5.10 Å². The zero-order valence-corrected chi connectivity index (χ0v) is 9.42. The number of aromatic nitrogens is 2. The molecule has 1 aromatic heterocycles. The van der Waals surface area contributed by atoms with Gasteiger partial charge in [-0.25, -0.2) is 0 Å². The van der Waals surface area contributed by atoms with Gasteiger partial charge >= 0.3 is 0 Å². The van der Waals surface area contributed by atoms with E-state index >= 15 is 0 Å². The van der Waals surface area contributed by atoms with E-state index in [1.165, 1.54) is 5.69 Å². The van der Waals surface area contributed by atoms with Gasteiger partial charge in [-0.15, -0.1) is 0 Å². The number of nitrogens with zero attached hydrogens (tertiary/aromatic N) is 3. The van der Waals surface area contributed by atoms with Crippen molar-refractivity contribution in [1.82, 2.24) is 9.78 Å². The predicted octanol–water partition coefficient (Wildman–Crippen LogP) is 1.78. The van der Waals surface area contributed by atoms with Crippen LogP contribution >= 0.6 is 0 Å². The standard InChI is InChI=1S/C10H19N3/c1-10(2,3)8-7-9(12(4)5)11-13(8)6/h7H,1-6H3. The van der Waals surface area contributed by atoms with Gasteiger partial charge in [-0.1, -0.05) is 20.8 Å². The largest absolute Gasteiger partial charge is 0.361 e. The van der Waals surface area contributed by atoms with Gasteiger partial charge in [0.1, 0.15) is 5.82 Å². The van der Waals surface area contributed by atoms with E-state index in [-0.39, 0.29) is 5.41 Å². The summed E-state index contributed by atoms with van der Waals surface area (Å²) in [4.78, 5) is 2.02. The lowest BCUT2D eigenvalue weighted by atomic mass is 9.92. The van der Waals surface area contributed by atoms with Crippen molar-refractivity contribution in [1.29, 1.82) is 0 Å². The van der Waals surface area contributed by atoms with Gasteiger partial charge in [-0.05, 0) is 0 Å². The third-order valence-corrected chi connectivity index (χ3v) is 2.09. The first-order valence-corrected chi connectivity index (χ1v) is 4.54. The van der Waals surface area contributed by atoms with Gasteiger partial charge in [0.15, 0.2) is 0 Å². The first kappa shape index (κ1) is 10.1. The lowest BCUT2D eigenvalue weighted by Gasteiger charge is -2.17. The number of aryl methyl sites for hydroxylation is 1. The Morgan fingerprint density at radius 2 is 1.85 bits per heavy atom. The van der Waals surface area contributed by atoms with Crippen LogP contribution < -0.4 is 4.90 Å². The molecule has 0 saturated carbocycles. The Kier molecular flexibility index (Phi) is 2.37. The summed E-state index contributed by atoms with van der Waals surface area (Å²) in [6, 6.07) is 2.14. The summed E-state index contributed by atoms with van der Waals surface area (Å²) in [5.74, 6) is 1.02. The molecule has 3 heteroatoms. The van der Waals surface area contributed by atoms with Crippen molar-refractivity contribution in [2.75, 3.05) is 19.0 Å². The molecule has 1 aromatic rings. The molecule has 0 aliphatic heterocycles. The van der Waals surface area contributed by atoms with Crippen molar-refractivity contribution in [2.45, 2.75) is 26.2 Å². The Hall–Kier alpha value is -0.990. The van der Waals surface area contributed by atoms with E-state index in [2.05, 4.69) is 31.9 Å². The van der Waals surface area contributed by atoms with Crippen LogP contribution in [0.15, 0.2) is 6.07 Å². The number of anilines is 1. The molecule has 0 bridgehead atoms. The molecular weight excluding hydrogens is 162 g/mol. The minimum absolute atomic E-state index is 0.163. The number of rotatable bonds is 1. The third kappa shape index (κ3) is 2.02. The Labute approximate surface area is 80.4 Å². The van der Waals surface area contributed by atoms with Gasteiger partial charge in [0.05, 0.1) is 0 Å². The molecule has 0 aromatic carbocycles. The van der Waals surface area contributed by atoms with Crippen molar-refractivity contribution in [3.8, 4) is 0 Å². The highest BCUT2D eigenvalue weighted by molar-refractivity contribution is 5.39. The second-order valence-electron chi connectivity index (χ2n) is 4.66. The van der Waals surface area contributed by atoms with Crippen molar-refractivity contribution < 1.29 is 0 Å². The van der Waals surface area contributed by atoms with Gasteiger partial charge in [0, 0.05) is 38.3 Å². The van der Waals surface area contributed by atoms with E-state index in [4.69, 9.17) is 0 Å². The zero-order chi connectivity index (χ0) is 10.2. The molecular formula is C10H19N3. The summed E-state index contributed by atoms with van der Waals surface area (Å²) < 4.78 is 1.95. The summed E-state index contributed by atoms with van der Waals surface area (Å²) in [7, 11) is 6.01. The molecule has 0 N–H and O–H groups in total. The summed E-state index contributed by atoms with van der Waals surface area (Å²) in [6.07, 6.45) is 0. The van der Waals surface area contributed by atoms with Gasteiger partial charge in [0.2, 0.25) is 0 Å². The molecule has 1 rings (SSSR count). The fourth-order valence-corrected chi connectivity index (χ4v) is 1.37. The molecule has 0 radical (unpaired) electrons. The molecule has 0 saturated heterocycles. The molecule has 0 aliphatic rings. The lowest BCUT2D eigenvalue weighted by molar-refractivity contribution is 0.523. The minimum atomic E-state index is 0.163. The van der Waals surface area contributed by atoms with E-state index in [1.54, 1.807) is 0 Å². The van der Waals surface area contributed by atoms with E-state index < -0.39 is 0 Å². The smallest absolute Gasteiger partial charge is 0.150 e. The normalized spacial score (nSPS) is 11.8. The predicted molar refractivity (Wildman–Crippen MR) is 56.2 cm³/mol. The molecule has 0 fully saturated rings. The van der Waals surface area contributed by atoms with Gasteiger partial charge < -0.3 is 4.90 Å². The maximum atomic E-state index is 4.42. The number of hydrogen-bond donors (Lipinski definition) is 0. The van der Waals surface area contributed by atoms with E-state index in [0.29, 0.717) is 0 Å². The zero-order valence-electron chi connectivity index (χ0n) is 9.42. The minimum Gasteiger partial charge on any atom is -0.361 e. The van der Waals surface area contributed by atoms with E-state index in [9.17, 15) is 0 Å². The average molecular weight is 181 g/mol. The Morgan fingerprint density at radius 3 is 2.08 bits per heavy atom. The van der Waals surface area contributed by atoms with Crippen molar-refractivity contribution in [3.05, 3.63) is 11.8 Å². The van der Waals surface area contributed by atoms with Crippen LogP contribution in [0.4, 0.5) is 5.82 Å². The van der Waals surface area contributed by atoms with Crippen molar-refractivity contribution in [2.24, 2.45) is 7.05 Å². The molecule has 0 atom stereocenters. The highest BCUT2D eigenvalue weighted by Crippen LogP contribution is 2.24. The molecule has 0 amide bonds. The third-order valence-electron chi connectivity index (χ3n) is 2.09. The highest BCUT2D eigenvalue weighted by atomic mass is 15.3. The Morgan fingerprint density at radius 1 is 1.31 bits per heavy atom. The lowest BCUT2D eigenvalue weighted by Crippen LogP contribution is -2.16. The van der Waals surface area contributed by atoms with Gasteiger partial charge in [0.25, 0.3) is 0 Å². The molecule has 0 aliphatic carbocycles. The second-order valence-corrected chi connectivity index (χ2v) is 4.66. The SMILES string of the molecule is CN(C)c1cc(C(C)(C)C)n(C)n1. The average Bonchev–Trinajstić information content (AvgIpc) is 2.29. The monoisotopic (exact) mass is 181 g/mol. The van der Waals surface area contributed by atoms with Crippen LogP contribution in [-0.4, -0.2) is 23.9 Å². The van der Waals surface area contributed by atoms with Crippen LogP contribution in [0.25, 0.3) is 0 Å². The van der Waals surface area contributed by atoms with E-state index in [0.717, 1.165) is 5.82 Å². The summed E-state index contributed by atoms with van der Waals surface area (Å²) in [5, 5.41) is 4.42. The molecule has 13 heavy (non-hydrogen) atoms. The quantitative estimate of drug-likeness (QED) is 0.658. The van der Waals surface area contributed by atoms with Crippen LogP contribution in [0.2, 0.25) is 0 Å². The second kappa shape index (κ2) is 3.05. The number of hydrogen-bond acceptors (Lipinski definition) is 2. The molecule has 0 unspecified atom stereocenters. The topological polar surface area (TPSA) is 21.1 Å². The van der Waals surface area contributed by atoms with Crippen molar-refractivity contribution >= 4 is 5.82 Å². The fraction of sp³-hybridized carbons (Fsp3) is 0.700. The summed E-state index contributed by atoms with van der Waals surface area (Å²) in [6.45, 7) is 6.59. The van der Waals surface area contributed by atoms with Crippen LogP contribution in [0.3, 0.4) is 0 Å². The fourth-order valence-electron chi connectivity index (χ4n) is 1.37. The van der Waals surface area contributed by atoms with Crippen LogP contribution in [0, 0.1) is 0 Å². The Balaban J connectivity index is 3.11. The van der Waals surface area contributed by atoms with E-state index in [1.807, 2.05) is 30.7 Å². The van der Waals surface area contributed by atoms with Crippen LogP contribution in [0.1, 0.15) is 26.5 Å². The molecule has 3 nitrogen and oxygen atoms in total. The van der Waals surface area contributed by atoms with Crippen LogP contribution in [0.5, 0.6) is 0 Å².